The lowest BCUT2D eigenvalue weighted by atomic mass is 10.00. The van der Waals surface area contributed by atoms with Crippen molar-refractivity contribution in [3.05, 3.63) is 17.7 Å². The predicted molar refractivity (Wildman–Crippen MR) is 125 cm³/mol. The van der Waals surface area contributed by atoms with Gasteiger partial charge in [0.1, 0.15) is 19.0 Å². The highest BCUT2D eigenvalue weighted by Gasteiger charge is 2.19. The van der Waals surface area contributed by atoms with Gasteiger partial charge in [-0.2, -0.15) is 0 Å². The highest BCUT2D eigenvalue weighted by atomic mass is 35.5. The number of imidazole rings is 1. The van der Waals surface area contributed by atoms with Gasteiger partial charge in [0.15, 0.2) is 11.7 Å². The van der Waals surface area contributed by atoms with E-state index >= 15 is 0 Å². The van der Waals surface area contributed by atoms with Crippen LogP contribution in [0.2, 0.25) is 0 Å². The van der Waals surface area contributed by atoms with Gasteiger partial charge in [-0.05, 0) is 32.6 Å². The molecule has 0 spiro atoms. The summed E-state index contributed by atoms with van der Waals surface area (Å²) in [5, 5.41) is 32.0. The Balaban J connectivity index is -0.000000416. The van der Waals surface area contributed by atoms with Crippen LogP contribution in [0.5, 0.6) is 0 Å². The van der Waals surface area contributed by atoms with E-state index in [0.29, 0.717) is 24.3 Å². The number of rotatable bonds is 6. The number of aromatic nitrogens is 2. The largest absolute Gasteiger partial charge is 0.481 e. The summed E-state index contributed by atoms with van der Waals surface area (Å²) in [5.74, 6) is 1.68. The fourth-order valence-corrected chi connectivity index (χ4v) is 2.92. The fraction of sp³-hybridized carbons (Fsp3) is 0.750. The van der Waals surface area contributed by atoms with Gasteiger partial charge in [-0.25, -0.2) is 4.98 Å². The SMILES string of the molecule is CCOC(=N)C1CCOCC1.Cl.N.O.O=C(CO)CO.OCc1cnc(C2CCOCC2)[nH]1. The molecule has 0 radical (unpaired) electrons. The van der Waals surface area contributed by atoms with E-state index in [1.807, 2.05) is 6.92 Å². The van der Waals surface area contributed by atoms with Crippen molar-refractivity contribution in [1.29, 1.82) is 5.41 Å². The lowest BCUT2D eigenvalue weighted by Gasteiger charge is -2.21. The molecule has 10 N–H and O–H groups in total. The number of hydrogen-bond acceptors (Lipinski definition) is 10. The van der Waals surface area contributed by atoms with Crippen molar-refractivity contribution in [2.75, 3.05) is 46.2 Å². The topological polar surface area (TPSA) is 224 Å². The Hall–Kier alpha value is -1.64. The van der Waals surface area contributed by atoms with Crippen LogP contribution in [0.4, 0.5) is 0 Å². The average molecular weight is 501 g/mol. The first-order chi connectivity index (χ1) is 14.5. The second-order valence-electron chi connectivity index (χ2n) is 6.88. The summed E-state index contributed by atoms with van der Waals surface area (Å²) < 4.78 is 15.5. The second-order valence-corrected chi connectivity index (χ2v) is 6.88. The number of hydrogen-bond donors (Lipinski definition) is 6. The Morgan fingerprint density at radius 1 is 1.12 bits per heavy atom. The van der Waals surface area contributed by atoms with Crippen LogP contribution in [0.25, 0.3) is 0 Å². The van der Waals surface area contributed by atoms with Gasteiger partial charge in [0, 0.05) is 38.3 Å². The van der Waals surface area contributed by atoms with Crippen molar-refractivity contribution in [3.8, 4) is 0 Å². The summed E-state index contributed by atoms with van der Waals surface area (Å²) in [7, 11) is 0. The van der Waals surface area contributed by atoms with Crippen molar-refractivity contribution < 1.29 is 39.8 Å². The summed E-state index contributed by atoms with van der Waals surface area (Å²) >= 11 is 0. The van der Waals surface area contributed by atoms with Crippen molar-refractivity contribution in [2.24, 2.45) is 5.92 Å². The van der Waals surface area contributed by atoms with Crippen LogP contribution in [0.1, 0.15) is 50.0 Å². The van der Waals surface area contributed by atoms with E-state index in [-0.39, 0.29) is 30.6 Å². The predicted octanol–water partition coefficient (Wildman–Crippen LogP) is 0.522. The Morgan fingerprint density at radius 3 is 2.03 bits per heavy atom. The van der Waals surface area contributed by atoms with Crippen molar-refractivity contribution >= 4 is 24.1 Å². The Labute approximate surface area is 200 Å². The van der Waals surface area contributed by atoms with E-state index in [2.05, 4.69) is 9.97 Å². The van der Waals surface area contributed by atoms with E-state index in [4.69, 9.17) is 34.9 Å². The van der Waals surface area contributed by atoms with Crippen LogP contribution in [-0.2, 0) is 25.6 Å². The molecule has 0 aliphatic carbocycles. The number of aromatic amines is 1. The summed E-state index contributed by atoms with van der Waals surface area (Å²) in [6, 6.07) is 0. The van der Waals surface area contributed by atoms with Crippen LogP contribution in [0, 0.1) is 11.3 Å². The quantitative estimate of drug-likeness (QED) is 0.236. The molecule has 0 bridgehead atoms. The molecule has 2 aliphatic rings. The highest BCUT2D eigenvalue weighted by Crippen LogP contribution is 2.24. The average Bonchev–Trinajstić information content (AvgIpc) is 3.30. The van der Waals surface area contributed by atoms with Crippen LogP contribution in [-0.4, -0.2) is 88.7 Å². The molecule has 13 heteroatoms. The molecule has 1 aromatic rings. The maximum atomic E-state index is 9.68. The molecule has 12 nitrogen and oxygen atoms in total. The van der Waals surface area contributed by atoms with Crippen molar-refractivity contribution in [3.63, 3.8) is 0 Å². The van der Waals surface area contributed by atoms with Gasteiger partial charge in [-0.3, -0.25) is 10.2 Å². The monoisotopic (exact) mass is 500 g/mol. The van der Waals surface area contributed by atoms with Crippen LogP contribution in [0.15, 0.2) is 6.20 Å². The lowest BCUT2D eigenvalue weighted by Crippen LogP contribution is -2.24. The fourth-order valence-electron chi connectivity index (χ4n) is 2.92. The van der Waals surface area contributed by atoms with Crippen molar-refractivity contribution in [1.82, 2.24) is 16.1 Å². The lowest BCUT2D eigenvalue weighted by molar-refractivity contribution is -0.124. The summed E-state index contributed by atoms with van der Waals surface area (Å²) in [6.45, 7) is 4.63. The highest BCUT2D eigenvalue weighted by molar-refractivity contribution is 5.85. The minimum Gasteiger partial charge on any atom is -0.481 e. The molecule has 33 heavy (non-hydrogen) atoms. The van der Waals surface area contributed by atoms with Crippen LogP contribution >= 0.6 is 12.4 Å². The molecule has 0 amide bonds. The van der Waals surface area contributed by atoms with E-state index in [1.54, 1.807) is 6.20 Å². The maximum absolute atomic E-state index is 9.68. The number of carbonyl (C=O) groups is 1. The Bertz CT molecular complexity index is 603. The molecule has 3 heterocycles. The summed E-state index contributed by atoms with van der Waals surface area (Å²) in [4.78, 5) is 17.0. The third-order valence-electron chi connectivity index (χ3n) is 4.67. The van der Waals surface area contributed by atoms with Gasteiger partial charge < -0.3 is 46.1 Å². The van der Waals surface area contributed by atoms with Crippen LogP contribution < -0.4 is 6.15 Å². The molecular formula is C20H41ClN4O8. The Morgan fingerprint density at radius 2 is 1.64 bits per heavy atom. The van der Waals surface area contributed by atoms with Crippen LogP contribution in [0.3, 0.4) is 0 Å². The number of ketones is 1. The third-order valence-corrected chi connectivity index (χ3v) is 4.67. The molecule has 0 unspecified atom stereocenters. The number of carbonyl (C=O) groups excluding carboxylic acids is 1. The number of ether oxygens (including phenoxy) is 3. The van der Waals surface area contributed by atoms with E-state index in [9.17, 15) is 4.79 Å². The maximum Gasteiger partial charge on any atom is 0.183 e. The minimum absolute atomic E-state index is 0. The molecular weight excluding hydrogens is 460 g/mol. The zero-order chi connectivity index (χ0) is 22.2. The Kier molecular flexibility index (Phi) is 24.1. The molecule has 196 valence electrons. The third kappa shape index (κ3) is 15.0. The van der Waals surface area contributed by atoms with E-state index in [0.717, 1.165) is 63.6 Å². The molecule has 3 rings (SSSR count). The summed E-state index contributed by atoms with van der Waals surface area (Å²) in [6.07, 6.45) is 5.64. The number of nitrogens with zero attached hydrogens (tertiary/aromatic N) is 1. The van der Waals surface area contributed by atoms with Gasteiger partial charge in [0.2, 0.25) is 0 Å². The first kappa shape index (κ1) is 35.9. The number of aliphatic hydroxyl groups excluding tert-OH is 3. The molecule has 1 aromatic heterocycles. The molecule has 2 aliphatic heterocycles. The van der Waals surface area contributed by atoms with Gasteiger partial charge >= 0.3 is 0 Å². The molecule has 0 saturated carbocycles. The van der Waals surface area contributed by atoms with Crippen molar-refractivity contribution in [2.45, 2.75) is 45.1 Å². The van der Waals surface area contributed by atoms with E-state index < -0.39 is 19.0 Å². The molecule has 0 atom stereocenters. The number of H-pyrrole nitrogens is 1. The molecule has 2 fully saturated rings. The molecule has 2 saturated heterocycles. The first-order valence-corrected chi connectivity index (χ1v) is 10.3. The number of nitrogens with one attached hydrogen (secondary N) is 2. The zero-order valence-electron chi connectivity index (χ0n) is 19.3. The van der Waals surface area contributed by atoms with Gasteiger partial charge in [0.05, 0.1) is 25.1 Å². The normalized spacial score (nSPS) is 15.6. The smallest absolute Gasteiger partial charge is 0.183 e. The number of halogens is 1. The molecule has 0 aromatic carbocycles. The number of Topliss-reactive ketones (excluding diaryl/α,β-unsaturated/α-hetero) is 1. The van der Waals surface area contributed by atoms with Gasteiger partial charge in [0.25, 0.3) is 0 Å². The summed E-state index contributed by atoms with van der Waals surface area (Å²) in [5.41, 5.74) is 0.793. The minimum atomic E-state index is -0.559. The van der Waals surface area contributed by atoms with E-state index in [1.165, 1.54) is 0 Å². The second kappa shape index (κ2) is 22.2. The van der Waals surface area contributed by atoms with Gasteiger partial charge in [-0.1, -0.05) is 0 Å². The van der Waals surface area contributed by atoms with Gasteiger partial charge in [-0.15, -0.1) is 12.4 Å². The number of aliphatic hydroxyl groups is 3. The standard InChI is InChI=1S/C9H14N2O2.C8H15NO2.C3H6O3.ClH.H3N.H2O/c12-6-8-5-10-9(11-8)7-1-3-13-4-2-7;1-2-11-8(9)7-3-5-10-6-4-7;4-1-3(6)2-5;;;/h5,7,12H,1-4,6H2,(H,10,11);7,9H,2-6H2,1H3;4-5H,1-2H2;1H;1H3;1H2. The zero-order valence-corrected chi connectivity index (χ0v) is 20.1. The first-order valence-electron chi connectivity index (χ1n) is 10.3.